The van der Waals surface area contributed by atoms with Crippen LogP contribution in [0.1, 0.15) is 19.4 Å². The molecule has 0 fully saturated rings. The summed E-state index contributed by atoms with van der Waals surface area (Å²) < 4.78 is 13.0. The summed E-state index contributed by atoms with van der Waals surface area (Å²) in [6.45, 7) is 4.18. The SMILES string of the molecule is CC(C)(F)CNCc1ccncc1. The predicted octanol–water partition coefficient (Wildman–Crippen LogP) is 1.92. The molecule has 2 nitrogen and oxygen atoms in total. The third kappa shape index (κ3) is 4.58. The third-order valence-corrected chi connectivity index (χ3v) is 1.62. The van der Waals surface area contributed by atoms with E-state index in [0.29, 0.717) is 13.1 Å². The Balaban J connectivity index is 2.29. The topological polar surface area (TPSA) is 24.9 Å². The van der Waals surface area contributed by atoms with Crippen molar-refractivity contribution < 1.29 is 4.39 Å². The van der Waals surface area contributed by atoms with Crippen molar-refractivity contribution in [2.45, 2.75) is 26.1 Å². The summed E-state index contributed by atoms with van der Waals surface area (Å²) in [7, 11) is 0. The number of nitrogens with one attached hydrogen (secondary N) is 1. The number of halogens is 1. The first-order valence-corrected chi connectivity index (χ1v) is 4.36. The number of alkyl halides is 1. The maximum atomic E-state index is 13.0. The molecule has 13 heavy (non-hydrogen) atoms. The quantitative estimate of drug-likeness (QED) is 0.769. The van der Waals surface area contributed by atoms with Gasteiger partial charge in [0.2, 0.25) is 0 Å². The molecule has 1 aromatic rings. The van der Waals surface area contributed by atoms with Crippen LogP contribution in [0.25, 0.3) is 0 Å². The Morgan fingerprint density at radius 1 is 1.38 bits per heavy atom. The minimum absolute atomic E-state index is 0.370. The van der Waals surface area contributed by atoms with Crippen LogP contribution in [0.3, 0.4) is 0 Å². The molecular formula is C10H15FN2. The summed E-state index contributed by atoms with van der Waals surface area (Å²) in [6, 6.07) is 3.83. The van der Waals surface area contributed by atoms with Crippen molar-refractivity contribution in [2.24, 2.45) is 0 Å². The minimum atomic E-state index is -1.15. The van der Waals surface area contributed by atoms with E-state index in [9.17, 15) is 4.39 Å². The molecule has 1 N–H and O–H groups in total. The first kappa shape index (κ1) is 10.1. The van der Waals surface area contributed by atoms with E-state index in [1.54, 1.807) is 26.2 Å². The zero-order valence-corrected chi connectivity index (χ0v) is 8.05. The second kappa shape index (κ2) is 4.33. The molecule has 0 atom stereocenters. The second-order valence-corrected chi connectivity index (χ2v) is 3.68. The average Bonchev–Trinajstić information content (AvgIpc) is 2.04. The molecule has 0 amide bonds. The van der Waals surface area contributed by atoms with Crippen LogP contribution in [0.5, 0.6) is 0 Å². The van der Waals surface area contributed by atoms with Gasteiger partial charge in [0.15, 0.2) is 0 Å². The Hall–Kier alpha value is -0.960. The monoisotopic (exact) mass is 182 g/mol. The molecule has 1 aromatic heterocycles. The lowest BCUT2D eigenvalue weighted by atomic mass is 10.1. The summed E-state index contributed by atoms with van der Waals surface area (Å²) in [5.41, 5.74) is -0.0215. The van der Waals surface area contributed by atoms with Crippen molar-refractivity contribution >= 4 is 0 Å². The fraction of sp³-hybridized carbons (Fsp3) is 0.500. The van der Waals surface area contributed by atoms with E-state index in [2.05, 4.69) is 10.3 Å². The van der Waals surface area contributed by atoms with Gasteiger partial charge in [0.05, 0.1) is 0 Å². The number of aromatic nitrogens is 1. The highest BCUT2D eigenvalue weighted by molar-refractivity contribution is 5.09. The summed E-state index contributed by atoms with van der Waals surface area (Å²) in [5, 5.41) is 3.04. The highest BCUT2D eigenvalue weighted by atomic mass is 19.1. The molecule has 72 valence electrons. The van der Waals surface area contributed by atoms with Crippen molar-refractivity contribution in [3.05, 3.63) is 30.1 Å². The van der Waals surface area contributed by atoms with Crippen molar-refractivity contribution in [3.8, 4) is 0 Å². The van der Waals surface area contributed by atoms with Gasteiger partial charge in [-0.3, -0.25) is 4.98 Å². The molecule has 0 unspecified atom stereocenters. The van der Waals surface area contributed by atoms with Gasteiger partial charge >= 0.3 is 0 Å². The van der Waals surface area contributed by atoms with Gasteiger partial charge < -0.3 is 5.32 Å². The van der Waals surface area contributed by atoms with Crippen LogP contribution in [0.2, 0.25) is 0 Å². The summed E-state index contributed by atoms with van der Waals surface area (Å²) in [6.07, 6.45) is 3.47. The lowest BCUT2D eigenvalue weighted by molar-refractivity contribution is 0.210. The Morgan fingerprint density at radius 3 is 2.54 bits per heavy atom. The van der Waals surface area contributed by atoms with Gasteiger partial charge in [0.25, 0.3) is 0 Å². The van der Waals surface area contributed by atoms with Crippen LogP contribution < -0.4 is 5.32 Å². The number of nitrogens with zero attached hydrogens (tertiary/aromatic N) is 1. The molecule has 0 radical (unpaired) electrons. The van der Waals surface area contributed by atoms with Gasteiger partial charge in [-0.25, -0.2) is 4.39 Å². The molecule has 1 rings (SSSR count). The van der Waals surface area contributed by atoms with Crippen molar-refractivity contribution in [3.63, 3.8) is 0 Å². The fourth-order valence-electron chi connectivity index (χ4n) is 1.00. The lowest BCUT2D eigenvalue weighted by Gasteiger charge is -2.14. The van der Waals surface area contributed by atoms with E-state index in [0.717, 1.165) is 5.56 Å². The van der Waals surface area contributed by atoms with Crippen LogP contribution in [0, 0.1) is 0 Å². The lowest BCUT2D eigenvalue weighted by Crippen LogP contribution is -2.30. The Kier molecular flexibility index (Phi) is 3.37. The molecule has 0 aliphatic heterocycles. The molecule has 0 bridgehead atoms. The number of pyridine rings is 1. The van der Waals surface area contributed by atoms with Gasteiger partial charge in [-0.15, -0.1) is 0 Å². The first-order chi connectivity index (χ1) is 6.08. The van der Waals surface area contributed by atoms with Gasteiger partial charge in [-0.1, -0.05) is 0 Å². The highest BCUT2D eigenvalue weighted by Gasteiger charge is 2.13. The number of hydrogen-bond donors (Lipinski definition) is 1. The largest absolute Gasteiger partial charge is 0.310 e. The van der Waals surface area contributed by atoms with Gasteiger partial charge in [0, 0.05) is 25.5 Å². The van der Waals surface area contributed by atoms with Crippen LogP contribution in [-0.2, 0) is 6.54 Å². The normalized spacial score (nSPS) is 11.6. The maximum absolute atomic E-state index is 13.0. The molecule has 0 saturated carbocycles. The van der Waals surface area contributed by atoms with E-state index in [1.165, 1.54) is 0 Å². The summed E-state index contributed by atoms with van der Waals surface area (Å²) in [4.78, 5) is 3.90. The van der Waals surface area contributed by atoms with E-state index < -0.39 is 5.67 Å². The molecule has 3 heteroatoms. The van der Waals surface area contributed by atoms with Crippen molar-refractivity contribution in [1.82, 2.24) is 10.3 Å². The van der Waals surface area contributed by atoms with E-state index in [-0.39, 0.29) is 0 Å². The Bertz CT molecular complexity index is 241. The van der Waals surface area contributed by atoms with Crippen molar-refractivity contribution in [2.75, 3.05) is 6.54 Å². The average molecular weight is 182 g/mol. The van der Waals surface area contributed by atoms with Gasteiger partial charge in [-0.05, 0) is 31.5 Å². The van der Waals surface area contributed by atoms with Crippen LogP contribution >= 0.6 is 0 Å². The van der Waals surface area contributed by atoms with Crippen molar-refractivity contribution in [1.29, 1.82) is 0 Å². The van der Waals surface area contributed by atoms with E-state index in [1.807, 2.05) is 12.1 Å². The Morgan fingerprint density at radius 2 is 2.00 bits per heavy atom. The molecule has 0 saturated heterocycles. The molecule has 0 aliphatic rings. The zero-order chi connectivity index (χ0) is 9.73. The highest BCUT2D eigenvalue weighted by Crippen LogP contribution is 2.05. The molecule has 0 aliphatic carbocycles. The molecular weight excluding hydrogens is 167 g/mol. The third-order valence-electron chi connectivity index (χ3n) is 1.62. The summed E-state index contributed by atoms with van der Waals surface area (Å²) in [5.74, 6) is 0. The first-order valence-electron chi connectivity index (χ1n) is 4.36. The molecule has 0 aromatic carbocycles. The maximum Gasteiger partial charge on any atom is 0.117 e. The second-order valence-electron chi connectivity index (χ2n) is 3.68. The van der Waals surface area contributed by atoms with E-state index in [4.69, 9.17) is 0 Å². The van der Waals surface area contributed by atoms with Gasteiger partial charge in [0.1, 0.15) is 5.67 Å². The van der Waals surface area contributed by atoms with Gasteiger partial charge in [-0.2, -0.15) is 0 Å². The standard InChI is InChI=1S/C10H15FN2/c1-10(2,11)8-13-7-9-3-5-12-6-4-9/h3-6,13H,7-8H2,1-2H3. The van der Waals surface area contributed by atoms with Crippen LogP contribution in [-0.4, -0.2) is 17.2 Å². The Labute approximate surface area is 78.2 Å². The number of hydrogen-bond acceptors (Lipinski definition) is 2. The summed E-state index contributed by atoms with van der Waals surface area (Å²) >= 11 is 0. The van der Waals surface area contributed by atoms with E-state index >= 15 is 0 Å². The van der Waals surface area contributed by atoms with Crippen LogP contribution in [0.15, 0.2) is 24.5 Å². The minimum Gasteiger partial charge on any atom is -0.310 e. The van der Waals surface area contributed by atoms with Crippen LogP contribution in [0.4, 0.5) is 4.39 Å². The zero-order valence-electron chi connectivity index (χ0n) is 8.05. The predicted molar refractivity (Wildman–Crippen MR) is 51.1 cm³/mol. The fourth-order valence-corrected chi connectivity index (χ4v) is 1.00. The molecule has 1 heterocycles. The number of rotatable bonds is 4. The molecule has 0 spiro atoms. The smallest absolute Gasteiger partial charge is 0.117 e.